The normalized spacial score (nSPS) is 42.0. The van der Waals surface area contributed by atoms with Gasteiger partial charge in [-0.15, -0.1) is 11.6 Å². The van der Waals surface area contributed by atoms with Crippen LogP contribution < -0.4 is 0 Å². The Hall–Kier alpha value is -1.80. The van der Waals surface area contributed by atoms with Gasteiger partial charge in [-0.3, -0.25) is 19.2 Å². The monoisotopic (exact) mass is 366 g/mol. The number of carbonyl (C=O) groups is 4. The molecule has 0 aromatic carbocycles. The van der Waals surface area contributed by atoms with Crippen molar-refractivity contribution in [2.24, 2.45) is 29.1 Å². The highest BCUT2D eigenvalue weighted by molar-refractivity contribution is 6.42. The second-order valence-electron chi connectivity index (χ2n) is 5.89. The highest BCUT2D eigenvalue weighted by Crippen LogP contribution is 2.66. The van der Waals surface area contributed by atoms with Gasteiger partial charge in [0.05, 0.1) is 23.7 Å². The van der Waals surface area contributed by atoms with Gasteiger partial charge in [-0.1, -0.05) is 24.6 Å². The van der Waals surface area contributed by atoms with Crippen molar-refractivity contribution in [3.05, 3.63) is 11.1 Å². The first kappa shape index (κ1) is 17.6. The van der Waals surface area contributed by atoms with E-state index in [9.17, 15) is 39.6 Å². The summed E-state index contributed by atoms with van der Waals surface area (Å²) in [6.45, 7) is 1.18. The summed E-state index contributed by atoms with van der Waals surface area (Å²) in [6.07, 6.45) is 1.07. The van der Waals surface area contributed by atoms with E-state index in [1.165, 1.54) is 6.92 Å². The molecule has 0 aliphatic heterocycles. The van der Waals surface area contributed by atoms with Crippen molar-refractivity contribution in [2.75, 3.05) is 0 Å². The Kier molecular flexibility index (Phi) is 3.89. The van der Waals surface area contributed by atoms with Crippen molar-refractivity contribution < 1.29 is 39.6 Å². The van der Waals surface area contributed by atoms with Crippen LogP contribution in [0.5, 0.6) is 0 Å². The first-order valence-corrected chi connectivity index (χ1v) is 7.15. The second kappa shape index (κ2) is 5.10. The molecule has 0 saturated heterocycles. The zero-order chi connectivity index (χ0) is 17.9. The number of halogens is 2. The van der Waals surface area contributed by atoms with Gasteiger partial charge in [0.1, 0.15) is 4.87 Å². The average Bonchev–Trinajstić information content (AvgIpc) is 2.36. The molecule has 0 spiro atoms. The van der Waals surface area contributed by atoms with Crippen molar-refractivity contribution in [1.82, 2.24) is 0 Å². The lowest BCUT2D eigenvalue weighted by Gasteiger charge is -2.58. The lowest BCUT2D eigenvalue weighted by Crippen LogP contribution is -2.69. The number of rotatable bonds is 4. The predicted octanol–water partition coefficient (Wildman–Crippen LogP) is 0.923. The number of aliphatic carboxylic acids is 4. The van der Waals surface area contributed by atoms with E-state index in [0.717, 1.165) is 6.08 Å². The van der Waals surface area contributed by atoms with E-state index in [1.54, 1.807) is 0 Å². The van der Waals surface area contributed by atoms with Crippen LogP contribution in [0.15, 0.2) is 11.1 Å². The maximum atomic E-state index is 11.6. The molecule has 1 fully saturated rings. The Balaban J connectivity index is 2.88. The fourth-order valence-corrected chi connectivity index (χ4v) is 4.88. The molecule has 4 atom stereocenters. The van der Waals surface area contributed by atoms with E-state index in [4.69, 9.17) is 23.2 Å². The molecule has 0 aromatic heterocycles. The average molecular weight is 367 g/mol. The Bertz CT molecular complexity index is 614. The van der Waals surface area contributed by atoms with E-state index in [0.29, 0.717) is 0 Å². The van der Waals surface area contributed by atoms with Crippen LogP contribution in [0.25, 0.3) is 0 Å². The number of carboxylic acids is 4. The number of carboxylic acid groups (broad SMARTS) is 4. The van der Waals surface area contributed by atoms with Gasteiger partial charge in [-0.05, 0) is 0 Å². The summed E-state index contributed by atoms with van der Waals surface area (Å²) in [5.74, 6) is -13.7. The Morgan fingerprint density at radius 2 is 1.17 bits per heavy atom. The molecule has 0 unspecified atom stereocenters. The van der Waals surface area contributed by atoms with Crippen LogP contribution in [-0.2, 0) is 19.2 Å². The fraction of sp³-hybridized carbons (Fsp3) is 0.538. The summed E-state index contributed by atoms with van der Waals surface area (Å²) in [5.41, 5.74) is -1.82. The number of fused-ring (bicyclic) bond motifs is 2. The summed E-state index contributed by atoms with van der Waals surface area (Å²) in [7, 11) is 0. The van der Waals surface area contributed by atoms with Crippen molar-refractivity contribution in [3.63, 3.8) is 0 Å². The molecule has 3 rings (SSSR count). The van der Waals surface area contributed by atoms with Crippen LogP contribution in [0.3, 0.4) is 0 Å². The van der Waals surface area contributed by atoms with E-state index >= 15 is 0 Å². The molecular weight excluding hydrogens is 355 g/mol. The van der Waals surface area contributed by atoms with Crippen molar-refractivity contribution in [2.45, 2.75) is 11.8 Å². The third kappa shape index (κ3) is 2.05. The van der Waals surface area contributed by atoms with Crippen molar-refractivity contribution >= 4 is 47.1 Å². The molecule has 3 aliphatic rings. The topological polar surface area (TPSA) is 149 Å². The quantitative estimate of drug-likeness (QED) is 0.536. The molecule has 2 bridgehead atoms. The maximum Gasteiger partial charge on any atom is 0.309 e. The zero-order valence-corrected chi connectivity index (χ0v) is 13.1. The molecule has 0 heterocycles. The van der Waals surface area contributed by atoms with E-state index in [-0.39, 0.29) is 5.03 Å². The summed E-state index contributed by atoms with van der Waals surface area (Å²) in [4.78, 5) is 44.1. The third-order valence-electron chi connectivity index (χ3n) is 4.78. The predicted molar refractivity (Wildman–Crippen MR) is 75.1 cm³/mol. The van der Waals surface area contributed by atoms with E-state index in [2.05, 4.69) is 0 Å². The summed E-state index contributed by atoms with van der Waals surface area (Å²) in [5, 5.41) is 37.4. The number of alkyl halides is 1. The van der Waals surface area contributed by atoms with Crippen molar-refractivity contribution in [3.8, 4) is 0 Å². The Morgan fingerprint density at radius 1 is 0.870 bits per heavy atom. The summed E-state index contributed by atoms with van der Waals surface area (Å²) in [6, 6.07) is 0. The van der Waals surface area contributed by atoms with Gasteiger partial charge in [0.15, 0.2) is 0 Å². The van der Waals surface area contributed by atoms with Crippen LogP contribution in [0, 0.1) is 29.1 Å². The minimum absolute atomic E-state index is 0.364. The SMILES string of the molecule is CC12C=C(Cl)C(Cl)([C@H](C(=O)O)[C@@H]1C(=O)O)[C@H](C(=O)O)[C@@H]2C(=O)O. The molecule has 1 saturated carbocycles. The number of hydrogen-bond acceptors (Lipinski definition) is 4. The highest BCUT2D eigenvalue weighted by atomic mass is 35.5. The fourth-order valence-electron chi connectivity index (χ4n) is 3.91. The van der Waals surface area contributed by atoms with Gasteiger partial charge in [0.2, 0.25) is 0 Å². The van der Waals surface area contributed by atoms with Gasteiger partial charge in [-0.25, -0.2) is 0 Å². The van der Waals surface area contributed by atoms with E-state index in [1.807, 2.05) is 0 Å². The molecule has 0 radical (unpaired) electrons. The first-order chi connectivity index (χ1) is 10.4. The van der Waals surface area contributed by atoms with Gasteiger partial charge in [0, 0.05) is 10.4 Å². The van der Waals surface area contributed by atoms with E-state index < -0.39 is 57.8 Å². The molecule has 0 aromatic rings. The van der Waals surface area contributed by atoms with Crippen LogP contribution in [0.4, 0.5) is 0 Å². The molecule has 3 aliphatic carbocycles. The number of allylic oxidation sites excluding steroid dienone is 2. The third-order valence-corrected chi connectivity index (χ3v) is 5.97. The minimum Gasteiger partial charge on any atom is -0.481 e. The van der Waals surface area contributed by atoms with Gasteiger partial charge in [0.25, 0.3) is 0 Å². The Morgan fingerprint density at radius 3 is 1.43 bits per heavy atom. The van der Waals surface area contributed by atoms with Gasteiger partial charge >= 0.3 is 23.9 Å². The molecule has 23 heavy (non-hydrogen) atoms. The van der Waals surface area contributed by atoms with Crippen molar-refractivity contribution in [1.29, 1.82) is 0 Å². The molecule has 10 heteroatoms. The maximum absolute atomic E-state index is 11.6. The smallest absolute Gasteiger partial charge is 0.309 e. The molecular formula is C13H12Cl2O8. The molecule has 4 N–H and O–H groups in total. The lowest BCUT2D eigenvalue weighted by atomic mass is 9.46. The van der Waals surface area contributed by atoms with Gasteiger partial charge < -0.3 is 20.4 Å². The van der Waals surface area contributed by atoms with Gasteiger partial charge in [-0.2, -0.15) is 0 Å². The lowest BCUT2D eigenvalue weighted by molar-refractivity contribution is -0.184. The largest absolute Gasteiger partial charge is 0.481 e. The molecule has 8 nitrogen and oxygen atoms in total. The van der Waals surface area contributed by atoms with Crippen LogP contribution >= 0.6 is 23.2 Å². The standard InChI is InChI=1S/C13H12Cl2O8/c1-12-2-3(14)13(15,6(10(20)21)4(12)8(16)17)7(11(22)23)5(12)9(18)19/h2,4-7H,1H3,(H,16,17)(H,18,19)(H,20,21)(H,22,23)/t4-,5-,6+,7+,12?,13?/m1/s1. The first-order valence-electron chi connectivity index (χ1n) is 6.39. The minimum atomic E-state index is -2.36. The van der Waals surface area contributed by atoms with Crippen LogP contribution in [-0.4, -0.2) is 49.2 Å². The second-order valence-corrected chi connectivity index (χ2v) is 6.92. The molecule has 0 amide bonds. The zero-order valence-electron chi connectivity index (χ0n) is 11.6. The summed E-state index contributed by atoms with van der Waals surface area (Å²) >= 11 is 12.2. The number of hydrogen-bond donors (Lipinski definition) is 4. The summed E-state index contributed by atoms with van der Waals surface area (Å²) < 4.78 is 0. The Labute approximate surface area is 139 Å². The van der Waals surface area contributed by atoms with Crippen LogP contribution in [0.2, 0.25) is 0 Å². The molecule has 126 valence electrons. The highest BCUT2D eigenvalue weighted by Gasteiger charge is 2.74. The van der Waals surface area contributed by atoms with Crippen LogP contribution in [0.1, 0.15) is 6.92 Å².